The summed E-state index contributed by atoms with van der Waals surface area (Å²) in [6.45, 7) is 4.45. The van der Waals surface area contributed by atoms with Crippen LogP contribution in [0.15, 0.2) is 41.5 Å². The third kappa shape index (κ3) is 4.19. The minimum absolute atomic E-state index is 0.0157. The Kier molecular flexibility index (Phi) is 6.14. The number of benzene rings is 2. The number of methoxy groups -OCH3 is 1. The Morgan fingerprint density at radius 1 is 1.15 bits per heavy atom. The van der Waals surface area contributed by atoms with E-state index in [9.17, 15) is 9.59 Å². The van der Waals surface area contributed by atoms with Crippen molar-refractivity contribution in [3.05, 3.63) is 63.3 Å². The fraction of sp³-hybridized carbons (Fsp3) is 0.217. The zero-order valence-electron chi connectivity index (χ0n) is 18.2. The number of aromatic nitrogens is 1. The van der Waals surface area contributed by atoms with E-state index in [0.29, 0.717) is 5.56 Å². The average Bonchev–Trinajstić information content (AvgIpc) is 3.20. The number of esters is 1. The number of amides is 1. The number of hydrazone groups is 1. The standard InChI is InChI=1S/C23H19Cl2N3O5/c1-11-9-15(14-7-5-6-8-17(14)26-11)23-28(12(2)29)27-22(33-23)19-20(25)16(24)10-18(31-4)21(19)32-13(3)30/h5-10,23H,1-4H3. The maximum Gasteiger partial charge on any atom is 0.308 e. The fourth-order valence-corrected chi connectivity index (χ4v) is 4.00. The van der Waals surface area contributed by atoms with Gasteiger partial charge in [-0.3, -0.25) is 14.6 Å². The van der Waals surface area contributed by atoms with E-state index < -0.39 is 12.2 Å². The Morgan fingerprint density at radius 3 is 2.55 bits per heavy atom. The van der Waals surface area contributed by atoms with Gasteiger partial charge >= 0.3 is 5.97 Å². The number of pyridine rings is 1. The second-order valence-electron chi connectivity index (χ2n) is 7.28. The summed E-state index contributed by atoms with van der Waals surface area (Å²) < 4.78 is 16.8. The summed E-state index contributed by atoms with van der Waals surface area (Å²) >= 11 is 12.8. The predicted molar refractivity (Wildman–Crippen MR) is 124 cm³/mol. The highest BCUT2D eigenvalue weighted by molar-refractivity contribution is 6.44. The number of fused-ring (bicyclic) bond motifs is 1. The number of nitrogens with zero attached hydrogens (tertiary/aromatic N) is 3. The van der Waals surface area contributed by atoms with Crippen LogP contribution in [-0.4, -0.2) is 34.9 Å². The second kappa shape index (κ2) is 8.88. The summed E-state index contributed by atoms with van der Waals surface area (Å²) in [5.74, 6) is -0.882. The molecule has 0 spiro atoms. The lowest BCUT2D eigenvalue weighted by atomic mass is 10.1. The van der Waals surface area contributed by atoms with Crippen LogP contribution in [0.3, 0.4) is 0 Å². The molecule has 1 atom stereocenters. The van der Waals surface area contributed by atoms with E-state index in [1.165, 1.54) is 32.0 Å². The number of para-hydroxylation sites is 1. The van der Waals surface area contributed by atoms with Crippen LogP contribution in [0.4, 0.5) is 0 Å². The SMILES string of the molecule is COc1cc(Cl)c(Cl)c(C2=NN(C(C)=O)C(c3cc(C)nc4ccccc34)O2)c1OC(C)=O. The van der Waals surface area contributed by atoms with E-state index in [0.717, 1.165) is 16.6 Å². The Balaban J connectivity index is 1.90. The van der Waals surface area contributed by atoms with Crippen molar-refractivity contribution in [3.63, 3.8) is 0 Å². The average molecular weight is 488 g/mol. The molecule has 4 rings (SSSR count). The molecular formula is C23H19Cl2N3O5. The molecule has 2 aromatic carbocycles. The lowest BCUT2D eigenvalue weighted by molar-refractivity contribution is -0.135. The highest BCUT2D eigenvalue weighted by Gasteiger charge is 2.38. The molecule has 2 heterocycles. The number of ether oxygens (including phenoxy) is 3. The van der Waals surface area contributed by atoms with Gasteiger partial charge in [-0.05, 0) is 19.1 Å². The molecule has 1 amide bonds. The third-order valence-corrected chi connectivity index (χ3v) is 5.71. The van der Waals surface area contributed by atoms with E-state index >= 15 is 0 Å². The van der Waals surface area contributed by atoms with Crippen molar-refractivity contribution in [1.29, 1.82) is 0 Å². The van der Waals surface area contributed by atoms with Crippen molar-refractivity contribution >= 4 is 51.9 Å². The van der Waals surface area contributed by atoms with Gasteiger partial charge in [-0.2, -0.15) is 5.01 Å². The topological polar surface area (TPSA) is 90.3 Å². The molecule has 1 aromatic heterocycles. The predicted octanol–water partition coefficient (Wildman–Crippen LogP) is 5.02. The van der Waals surface area contributed by atoms with Crippen molar-refractivity contribution in [2.75, 3.05) is 7.11 Å². The molecule has 0 N–H and O–H groups in total. The van der Waals surface area contributed by atoms with Crippen LogP contribution in [-0.2, 0) is 14.3 Å². The van der Waals surface area contributed by atoms with Gasteiger partial charge in [-0.15, -0.1) is 5.10 Å². The first-order chi connectivity index (χ1) is 15.7. The summed E-state index contributed by atoms with van der Waals surface area (Å²) in [5.41, 5.74) is 2.27. The molecule has 0 fully saturated rings. The molecule has 33 heavy (non-hydrogen) atoms. The molecule has 0 saturated heterocycles. The van der Waals surface area contributed by atoms with Gasteiger partial charge in [-0.1, -0.05) is 41.4 Å². The molecule has 8 nitrogen and oxygen atoms in total. The van der Waals surface area contributed by atoms with E-state index in [-0.39, 0.29) is 38.9 Å². The van der Waals surface area contributed by atoms with Gasteiger partial charge in [0.1, 0.15) is 5.56 Å². The maximum atomic E-state index is 12.5. The van der Waals surface area contributed by atoms with Gasteiger partial charge in [0.15, 0.2) is 11.5 Å². The summed E-state index contributed by atoms with van der Waals surface area (Å²) in [4.78, 5) is 28.8. The normalized spacial score (nSPS) is 15.3. The molecule has 1 unspecified atom stereocenters. The largest absolute Gasteiger partial charge is 0.493 e. The summed E-state index contributed by atoms with van der Waals surface area (Å²) in [6.07, 6.45) is -0.907. The Labute approximate surface area is 199 Å². The van der Waals surface area contributed by atoms with E-state index in [4.69, 9.17) is 37.4 Å². The Morgan fingerprint density at radius 2 is 1.88 bits per heavy atom. The third-order valence-electron chi connectivity index (χ3n) is 4.93. The zero-order chi connectivity index (χ0) is 23.9. The summed E-state index contributed by atoms with van der Waals surface area (Å²) in [7, 11) is 1.39. The van der Waals surface area contributed by atoms with Crippen LogP contribution in [0.2, 0.25) is 10.0 Å². The number of hydrogen-bond donors (Lipinski definition) is 0. The van der Waals surface area contributed by atoms with Crippen LogP contribution in [0.1, 0.15) is 36.9 Å². The molecule has 1 aliphatic rings. The molecule has 0 aliphatic carbocycles. The second-order valence-corrected chi connectivity index (χ2v) is 8.07. The molecule has 1 aliphatic heterocycles. The number of rotatable bonds is 4. The lowest BCUT2D eigenvalue weighted by Gasteiger charge is -2.21. The zero-order valence-corrected chi connectivity index (χ0v) is 19.7. The van der Waals surface area contributed by atoms with Crippen molar-refractivity contribution in [2.45, 2.75) is 27.0 Å². The van der Waals surface area contributed by atoms with Crippen LogP contribution in [0.5, 0.6) is 11.5 Å². The Bertz CT molecular complexity index is 1330. The molecule has 3 aromatic rings. The van der Waals surface area contributed by atoms with Gasteiger partial charge in [0.05, 0.1) is 22.7 Å². The van der Waals surface area contributed by atoms with Crippen molar-refractivity contribution < 1.29 is 23.8 Å². The quantitative estimate of drug-likeness (QED) is 0.378. The first-order valence-electron chi connectivity index (χ1n) is 9.87. The highest BCUT2D eigenvalue weighted by atomic mass is 35.5. The minimum Gasteiger partial charge on any atom is -0.493 e. The molecule has 0 saturated carbocycles. The molecule has 10 heteroatoms. The lowest BCUT2D eigenvalue weighted by Crippen LogP contribution is -2.25. The summed E-state index contributed by atoms with van der Waals surface area (Å²) in [6, 6.07) is 10.8. The number of hydrogen-bond acceptors (Lipinski definition) is 7. The van der Waals surface area contributed by atoms with E-state index in [1.807, 2.05) is 37.3 Å². The monoisotopic (exact) mass is 487 g/mol. The van der Waals surface area contributed by atoms with Crippen molar-refractivity contribution in [3.8, 4) is 11.5 Å². The fourth-order valence-electron chi connectivity index (χ4n) is 3.59. The highest BCUT2D eigenvalue weighted by Crippen LogP contribution is 2.44. The van der Waals surface area contributed by atoms with Crippen LogP contribution in [0.25, 0.3) is 10.9 Å². The first-order valence-corrected chi connectivity index (χ1v) is 10.6. The van der Waals surface area contributed by atoms with Crippen LogP contribution >= 0.6 is 23.2 Å². The minimum atomic E-state index is -0.907. The smallest absolute Gasteiger partial charge is 0.308 e. The van der Waals surface area contributed by atoms with Crippen molar-refractivity contribution in [1.82, 2.24) is 9.99 Å². The number of aryl methyl sites for hydroxylation is 1. The van der Waals surface area contributed by atoms with Gasteiger partial charge < -0.3 is 14.2 Å². The number of carbonyl (C=O) groups is 2. The summed E-state index contributed by atoms with van der Waals surface area (Å²) in [5, 5.41) is 6.52. The van der Waals surface area contributed by atoms with Crippen LogP contribution < -0.4 is 9.47 Å². The van der Waals surface area contributed by atoms with Crippen LogP contribution in [0, 0.1) is 6.92 Å². The number of carbonyl (C=O) groups excluding carboxylic acids is 2. The van der Waals surface area contributed by atoms with Gasteiger partial charge in [0.25, 0.3) is 0 Å². The molecule has 170 valence electrons. The van der Waals surface area contributed by atoms with Gasteiger partial charge in [-0.25, -0.2) is 0 Å². The van der Waals surface area contributed by atoms with E-state index in [1.54, 1.807) is 0 Å². The molecular weight excluding hydrogens is 469 g/mol. The van der Waals surface area contributed by atoms with Gasteiger partial charge in [0, 0.05) is 36.6 Å². The Hall–Kier alpha value is -3.36. The maximum absolute atomic E-state index is 12.5. The van der Waals surface area contributed by atoms with Gasteiger partial charge in [0.2, 0.25) is 18.0 Å². The van der Waals surface area contributed by atoms with E-state index in [2.05, 4.69) is 10.1 Å². The molecule has 0 radical (unpaired) electrons. The number of halogens is 2. The van der Waals surface area contributed by atoms with Crippen molar-refractivity contribution in [2.24, 2.45) is 5.10 Å². The molecule has 0 bridgehead atoms. The first kappa shape index (κ1) is 22.8.